The number of thiophene rings is 1. The summed E-state index contributed by atoms with van der Waals surface area (Å²) in [6, 6.07) is 10.6. The van der Waals surface area contributed by atoms with E-state index >= 15 is 0 Å². The first-order chi connectivity index (χ1) is 15.1. The molecule has 2 aromatic rings. The Morgan fingerprint density at radius 3 is 2.48 bits per heavy atom. The van der Waals surface area contributed by atoms with Crippen molar-refractivity contribution in [3.8, 4) is 0 Å². The van der Waals surface area contributed by atoms with E-state index in [0.717, 1.165) is 51.3 Å². The van der Waals surface area contributed by atoms with Crippen LogP contribution in [0.2, 0.25) is 0 Å². The number of carbonyl (C=O) groups is 2. The molecule has 0 atom stereocenters. The molecule has 1 saturated heterocycles. The topological polar surface area (TPSA) is 55.9 Å². The van der Waals surface area contributed by atoms with Crippen LogP contribution in [0.25, 0.3) is 0 Å². The number of hydrogen-bond acceptors (Lipinski definition) is 5. The number of rotatable bonds is 7. The summed E-state index contributed by atoms with van der Waals surface area (Å²) in [4.78, 5) is 32.8. The molecule has 1 fully saturated rings. The molecule has 0 spiro atoms. The third kappa shape index (κ3) is 6.15. The van der Waals surface area contributed by atoms with Crippen LogP contribution in [0.1, 0.15) is 34.4 Å². The Kier molecular flexibility index (Phi) is 7.37. The maximum absolute atomic E-state index is 12.5. The van der Waals surface area contributed by atoms with Crippen LogP contribution in [0.4, 0.5) is 0 Å². The monoisotopic (exact) mass is 440 g/mol. The normalized spacial score (nSPS) is 17.4. The lowest BCUT2D eigenvalue weighted by atomic mass is 10.1. The summed E-state index contributed by atoms with van der Waals surface area (Å²) in [5.74, 6) is 0.00311. The van der Waals surface area contributed by atoms with Crippen molar-refractivity contribution in [2.24, 2.45) is 0 Å². The Hall–Kier alpha value is -2.22. The molecule has 0 radical (unpaired) electrons. The van der Waals surface area contributed by atoms with Crippen LogP contribution >= 0.6 is 11.3 Å². The number of amides is 2. The van der Waals surface area contributed by atoms with Gasteiger partial charge in [0.15, 0.2) is 0 Å². The van der Waals surface area contributed by atoms with Gasteiger partial charge in [-0.25, -0.2) is 0 Å². The molecule has 1 N–H and O–H groups in total. The summed E-state index contributed by atoms with van der Waals surface area (Å²) in [7, 11) is 2.17. The quantitative estimate of drug-likeness (QED) is 0.719. The van der Waals surface area contributed by atoms with E-state index in [2.05, 4.69) is 57.9 Å². The lowest BCUT2D eigenvalue weighted by Gasteiger charge is -2.32. The van der Waals surface area contributed by atoms with Crippen LogP contribution in [0, 0.1) is 0 Å². The van der Waals surface area contributed by atoms with Crippen LogP contribution in [-0.2, 0) is 35.6 Å². The van der Waals surface area contributed by atoms with E-state index in [1.807, 2.05) is 4.90 Å². The van der Waals surface area contributed by atoms with Crippen molar-refractivity contribution >= 4 is 23.2 Å². The van der Waals surface area contributed by atoms with E-state index in [4.69, 9.17) is 0 Å². The number of nitrogens with zero attached hydrogens (tertiary/aromatic N) is 3. The molecule has 0 bridgehead atoms. The van der Waals surface area contributed by atoms with Gasteiger partial charge < -0.3 is 15.1 Å². The van der Waals surface area contributed by atoms with Crippen LogP contribution < -0.4 is 5.32 Å². The highest BCUT2D eigenvalue weighted by Gasteiger charge is 2.21. The Balaban J connectivity index is 1.15. The smallest absolute Gasteiger partial charge is 0.223 e. The van der Waals surface area contributed by atoms with Crippen molar-refractivity contribution in [3.05, 3.63) is 57.3 Å². The van der Waals surface area contributed by atoms with E-state index in [1.54, 1.807) is 11.3 Å². The maximum Gasteiger partial charge on any atom is 0.223 e. The van der Waals surface area contributed by atoms with Crippen molar-refractivity contribution in [1.29, 1.82) is 0 Å². The van der Waals surface area contributed by atoms with Crippen molar-refractivity contribution in [2.75, 3.05) is 39.8 Å². The minimum Gasteiger partial charge on any atom is -0.352 e. The SMILES string of the molecule is CN1CCN(Cc2ccc(CNC(=O)CCC(=O)N3CCc4sccc4C3)cc2)CC1. The zero-order valence-corrected chi connectivity index (χ0v) is 19.1. The van der Waals surface area contributed by atoms with E-state index in [9.17, 15) is 9.59 Å². The number of fused-ring (bicyclic) bond motifs is 1. The lowest BCUT2D eigenvalue weighted by molar-refractivity contribution is -0.134. The van der Waals surface area contributed by atoms with E-state index < -0.39 is 0 Å². The predicted octanol–water partition coefficient (Wildman–Crippen LogP) is 2.48. The summed E-state index contributed by atoms with van der Waals surface area (Å²) >= 11 is 1.77. The van der Waals surface area contributed by atoms with Crippen LogP contribution in [0.3, 0.4) is 0 Å². The average molecular weight is 441 g/mol. The second-order valence-corrected chi connectivity index (χ2v) is 9.61. The first-order valence-corrected chi connectivity index (χ1v) is 12.0. The van der Waals surface area contributed by atoms with Crippen molar-refractivity contribution < 1.29 is 9.59 Å². The molecular formula is C24H32N4O2S. The van der Waals surface area contributed by atoms with E-state index in [1.165, 1.54) is 16.0 Å². The predicted molar refractivity (Wildman–Crippen MR) is 124 cm³/mol. The molecule has 3 heterocycles. The summed E-state index contributed by atoms with van der Waals surface area (Å²) in [6.45, 7) is 7.39. The summed E-state index contributed by atoms with van der Waals surface area (Å²) in [5, 5.41) is 5.04. The largest absolute Gasteiger partial charge is 0.352 e. The molecule has 6 nitrogen and oxygen atoms in total. The van der Waals surface area contributed by atoms with Crippen molar-refractivity contribution in [3.63, 3.8) is 0 Å². The van der Waals surface area contributed by atoms with Gasteiger partial charge in [0.2, 0.25) is 11.8 Å². The molecule has 166 valence electrons. The van der Waals surface area contributed by atoms with E-state index in [-0.39, 0.29) is 24.7 Å². The second kappa shape index (κ2) is 10.4. The molecule has 1 aromatic heterocycles. The molecule has 0 unspecified atom stereocenters. The highest BCUT2D eigenvalue weighted by Crippen LogP contribution is 2.24. The van der Waals surface area contributed by atoms with Gasteiger partial charge in [-0.3, -0.25) is 14.5 Å². The van der Waals surface area contributed by atoms with E-state index in [0.29, 0.717) is 13.1 Å². The summed E-state index contributed by atoms with van der Waals surface area (Å²) < 4.78 is 0. The summed E-state index contributed by atoms with van der Waals surface area (Å²) in [6.07, 6.45) is 1.44. The average Bonchev–Trinajstić information content (AvgIpc) is 3.26. The highest BCUT2D eigenvalue weighted by molar-refractivity contribution is 7.10. The van der Waals surface area contributed by atoms with Gasteiger partial charge in [0.05, 0.1) is 0 Å². The molecule has 1 aromatic carbocycles. The van der Waals surface area contributed by atoms with Crippen LogP contribution in [-0.4, -0.2) is 66.3 Å². The molecule has 2 aliphatic rings. The Bertz CT molecular complexity index is 887. The third-order valence-electron chi connectivity index (χ3n) is 6.24. The first kappa shape index (κ1) is 22.0. The van der Waals surface area contributed by atoms with Gasteiger partial charge in [0, 0.05) is 70.1 Å². The minimum atomic E-state index is -0.0666. The van der Waals surface area contributed by atoms with Gasteiger partial charge in [-0.1, -0.05) is 24.3 Å². The standard InChI is InChI=1S/C24H32N4O2S/c1-26-11-13-27(14-12-26)17-20-4-2-19(3-5-20)16-25-23(29)6-7-24(30)28-10-8-22-21(18-28)9-15-31-22/h2-5,9,15H,6-8,10-14,16-18H2,1H3,(H,25,29). The fourth-order valence-electron chi connectivity index (χ4n) is 4.16. The Morgan fingerprint density at radius 2 is 1.71 bits per heavy atom. The number of hydrogen-bond donors (Lipinski definition) is 1. The molecule has 2 amide bonds. The van der Waals surface area contributed by atoms with Crippen LogP contribution in [0.5, 0.6) is 0 Å². The second-order valence-electron chi connectivity index (χ2n) is 8.61. The maximum atomic E-state index is 12.5. The molecule has 2 aliphatic heterocycles. The number of carbonyl (C=O) groups excluding carboxylic acids is 2. The zero-order chi connectivity index (χ0) is 21.6. The molecule has 0 saturated carbocycles. The van der Waals surface area contributed by atoms with Gasteiger partial charge in [0.25, 0.3) is 0 Å². The van der Waals surface area contributed by atoms with Gasteiger partial charge in [-0.2, -0.15) is 0 Å². The Morgan fingerprint density at radius 1 is 0.968 bits per heavy atom. The number of likely N-dealkylation sites (N-methyl/N-ethyl adjacent to an activating group) is 1. The molecular weight excluding hydrogens is 408 g/mol. The van der Waals surface area contributed by atoms with Gasteiger partial charge >= 0.3 is 0 Å². The fraction of sp³-hybridized carbons (Fsp3) is 0.500. The zero-order valence-electron chi connectivity index (χ0n) is 18.3. The Labute approximate surface area is 188 Å². The number of piperazine rings is 1. The van der Waals surface area contributed by atoms with Gasteiger partial charge in [-0.05, 0) is 41.6 Å². The number of benzene rings is 1. The molecule has 0 aliphatic carbocycles. The number of nitrogens with one attached hydrogen (secondary N) is 1. The third-order valence-corrected chi connectivity index (χ3v) is 7.26. The van der Waals surface area contributed by atoms with Crippen molar-refractivity contribution in [1.82, 2.24) is 20.0 Å². The molecule has 4 rings (SSSR count). The van der Waals surface area contributed by atoms with Gasteiger partial charge in [-0.15, -0.1) is 11.3 Å². The van der Waals surface area contributed by atoms with Gasteiger partial charge in [0.1, 0.15) is 0 Å². The van der Waals surface area contributed by atoms with Crippen LogP contribution in [0.15, 0.2) is 35.7 Å². The minimum absolute atomic E-state index is 0.0666. The first-order valence-electron chi connectivity index (χ1n) is 11.2. The highest BCUT2D eigenvalue weighted by atomic mass is 32.1. The molecule has 31 heavy (non-hydrogen) atoms. The lowest BCUT2D eigenvalue weighted by Crippen LogP contribution is -2.43. The summed E-state index contributed by atoms with van der Waals surface area (Å²) in [5.41, 5.74) is 3.65. The fourth-order valence-corrected chi connectivity index (χ4v) is 5.05. The van der Waals surface area contributed by atoms with Crippen molar-refractivity contribution in [2.45, 2.75) is 38.9 Å². The molecule has 7 heteroatoms.